The summed E-state index contributed by atoms with van der Waals surface area (Å²) in [5, 5.41) is 4.81. The number of hydrogen-bond acceptors (Lipinski definition) is 6. The summed E-state index contributed by atoms with van der Waals surface area (Å²) in [5.74, 6) is 0.712. The Morgan fingerprint density at radius 2 is 2.03 bits per heavy atom. The van der Waals surface area contributed by atoms with Crippen LogP contribution in [0, 0.1) is 0 Å². The highest BCUT2D eigenvalue weighted by Crippen LogP contribution is 2.30. The first-order chi connectivity index (χ1) is 14.8. The maximum atomic E-state index is 13.0. The van der Waals surface area contributed by atoms with E-state index in [1.54, 1.807) is 11.3 Å². The van der Waals surface area contributed by atoms with Crippen LogP contribution in [0.3, 0.4) is 0 Å². The van der Waals surface area contributed by atoms with Crippen molar-refractivity contribution < 1.29 is 4.74 Å². The largest absolute Gasteiger partial charge is 0.377 e. The second-order valence-corrected chi connectivity index (χ2v) is 9.48. The lowest BCUT2D eigenvalue weighted by atomic mass is 10.1. The number of fused-ring (bicyclic) bond motifs is 1. The van der Waals surface area contributed by atoms with Crippen LogP contribution in [0.2, 0.25) is 0 Å². The SMILES string of the molecule is O=c1[nH]c(CN(Cc2cccs2)CC2CCCO2)nc2scc(-c3ccccc3)c12. The molecule has 3 aromatic heterocycles. The molecule has 4 heterocycles. The van der Waals surface area contributed by atoms with Crippen molar-refractivity contribution in [3.63, 3.8) is 0 Å². The number of nitrogens with one attached hydrogen (secondary N) is 1. The Morgan fingerprint density at radius 3 is 2.80 bits per heavy atom. The maximum absolute atomic E-state index is 13.0. The number of aromatic nitrogens is 2. The molecule has 0 amide bonds. The van der Waals surface area contributed by atoms with E-state index in [4.69, 9.17) is 9.72 Å². The van der Waals surface area contributed by atoms with Gasteiger partial charge in [-0.2, -0.15) is 0 Å². The van der Waals surface area contributed by atoms with Gasteiger partial charge in [0.2, 0.25) is 0 Å². The van der Waals surface area contributed by atoms with Gasteiger partial charge in [-0.05, 0) is 29.9 Å². The first-order valence-electron chi connectivity index (χ1n) is 10.2. The van der Waals surface area contributed by atoms with Gasteiger partial charge in [0.15, 0.2) is 0 Å². The zero-order chi connectivity index (χ0) is 20.3. The summed E-state index contributed by atoms with van der Waals surface area (Å²) in [4.78, 5) is 25.2. The molecule has 1 aromatic carbocycles. The number of ether oxygens (including phenoxy) is 1. The molecule has 1 N–H and O–H groups in total. The molecular formula is C23H23N3O2S2. The molecule has 1 fully saturated rings. The van der Waals surface area contributed by atoms with Crippen LogP contribution in [0.5, 0.6) is 0 Å². The third-order valence-electron chi connectivity index (χ3n) is 5.40. The fourth-order valence-electron chi connectivity index (χ4n) is 3.99. The van der Waals surface area contributed by atoms with Gasteiger partial charge in [0.25, 0.3) is 5.56 Å². The van der Waals surface area contributed by atoms with E-state index in [1.165, 1.54) is 16.2 Å². The lowest BCUT2D eigenvalue weighted by Gasteiger charge is -2.24. The zero-order valence-corrected chi connectivity index (χ0v) is 18.2. The van der Waals surface area contributed by atoms with Crippen LogP contribution in [-0.2, 0) is 17.8 Å². The van der Waals surface area contributed by atoms with Gasteiger partial charge in [-0.25, -0.2) is 4.98 Å². The van der Waals surface area contributed by atoms with Crippen molar-refractivity contribution in [3.8, 4) is 11.1 Å². The molecule has 0 aliphatic carbocycles. The van der Waals surface area contributed by atoms with E-state index in [-0.39, 0.29) is 11.7 Å². The van der Waals surface area contributed by atoms with Crippen LogP contribution in [0.1, 0.15) is 23.5 Å². The highest BCUT2D eigenvalue weighted by Gasteiger charge is 2.21. The summed E-state index contributed by atoms with van der Waals surface area (Å²) in [6.07, 6.45) is 2.47. The molecule has 5 rings (SSSR count). The molecule has 1 unspecified atom stereocenters. The average Bonchev–Trinajstić information content (AvgIpc) is 3.50. The summed E-state index contributed by atoms with van der Waals surface area (Å²) < 4.78 is 5.86. The highest BCUT2D eigenvalue weighted by molar-refractivity contribution is 7.17. The van der Waals surface area contributed by atoms with Crippen LogP contribution < -0.4 is 5.56 Å². The zero-order valence-electron chi connectivity index (χ0n) is 16.5. The van der Waals surface area contributed by atoms with Crippen molar-refractivity contribution in [2.24, 2.45) is 0 Å². The number of rotatable bonds is 7. The van der Waals surface area contributed by atoms with E-state index in [0.717, 1.165) is 48.5 Å². The third-order valence-corrected chi connectivity index (χ3v) is 7.13. The molecular weight excluding hydrogens is 414 g/mol. The molecule has 0 bridgehead atoms. The number of nitrogens with zero attached hydrogens (tertiary/aromatic N) is 2. The Balaban J connectivity index is 1.43. The van der Waals surface area contributed by atoms with Gasteiger partial charge in [0, 0.05) is 35.5 Å². The molecule has 1 saturated heterocycles. The normalized spacial score (nSPS) is 16.6. The highest BCUT2D eigenvalue weighted by atomic mass is 32.1. The minimum absolute atomic E-state index is 0.0664. The van der Waals surface area contributed by atoms with E-state index in [1.807, 2.05) is 35.7 Å². The number of H-pyrrole nitrogens is 1. The fourth-order valence-corrected chi connectivity index (χ4v) is 5.71. The molecule has 4 aromatic rings. The predicted molar refractivity (Wildman–Crippen MR) is 123 cm³/mol. The van der Waals surface area contributed by atoms with Crippen LogP contribution in [0.15, 0.2) is 58.0 Å². The van der Waals surface area contributed by atoms with Gasteiger partial charge < -0.3 is 9.72 Å². The monoisotopic (exact) mass is 437 g/mol. The third kappa shape index (κ3) is 4.25. The average molecular weight is 438 g/mol. The molecule has 0 spiro atoms. The number of hydrogen-bond donors (Lipinski definition) is 1. The molecule has 1 atom stereocenters. The second kappa shape index (κ2) is 8.81. The lowest BCUT2D eigenvalue weighted by molar-refractivity contribution is 0.0674. The van der Waals surface area contributed by atoms with Crippen molar-refractivity contribution in [3.05, 3.63) is 74.3 Å². The molecule has 0 saturated carbocycles. The Kier molecular flexibility index (Phi) is 5.77. The van der Waals surface area contributed by atoms with Crippen molar-refractivity contribution >= 4 is 32.9 Å². The minimum Gasteiger partial charge on any atom is -0.377 e. The molecule has 30 heavy (non-hydrogen) atoms. The molecule has 1 aliphatic rings. The Bertz CT molecular complexity index is 1160. The summed E-state index contributed by atoms with van der Waals surface area (Å²) in [6.45, 7) is 3.12. The number of thiophene rings is 2. The summed E-state index contributed by atoms with van der Waals surface area (Å²) in [5.41, 5.74) is 1.93. The first kappa shape index (κ1) is 19.6. The molecule has 7 heteroatoms. The smallest absolute Gasteiger partial charge is 0.260 e. The minimum atomic E-state index is -0.0664. The van der Waals surface area contributed by atoms with E-state index in [0.29, 0.717) is 17.8 Å². The quantitative estimate of drug-likeness (QED) is 0.447. The van der Waals surface area contributed by atoms with Gasteiger partial charge >= 0.3 is 0 Å². The van der Waals surface area contributed by atoms with Crippen LogP contribution in [-0.4, -0.2) is 34.1 Å². The Morgan fingerprint density at radius 1 is 1.13 bits per heavy atom. The summed E-state index contributed by atoms with van der Waals surface area (Å²) in [7, 11) is 0. The molecule has 154 valence electrons. The van der Waals surface area contributed by atoms with Crippen molar-refractivity contribution in [2.45, 2.75) is 32.0 Å². The summed E-state index contributed by atoms with van der Waals surface area (Å²) in [6, 6.07) is 14.2. The second-order valence-electron chi connectivity index (χ2n) is 7.59. The first-order valence-corrected chi connectivity index (χ1v) is 11.9. The lowest BCUT2D eigenvalue weighted by Crippen LogP contribution is -2.32. The number of aromatic amines is 1. The topological polar surface area (TPSA) is 58.2 Å². The van der Waals surface area contributed by atoms with Crippen LogP contribution in [0.25, 0.3) is 21.3 Å². The Hall–Kier alpha value is -2.32. The molecule has 0 radical (unpaired) electrons. The van der Waals surface area contributed by atoms with Gasteiger partial charge in [0.05, 0.1) is 18.0 Å². The van der Waals surface area contributed by atoms with Crippen molar-refractivity contribution in [1.29, 1.82) is 0 Å². The van der Waals surface area contributed by atoms with E-state index in [2.05, 4.69) is 27.4 Å². The van der Waals surface area contributed by atoms with Crippen molar-refractivity contribution in [2.75, 3.05) is 13.2 Å². The van der Waals surface area contributed by atoms with E-state index in [9.17, 15) is 4.79 Å². The van der Waals surface area contributed by atoms with E-state index >= 15 is 0 Å². The van der Waals surface area contributed by atoms with Crippen LogP contribution in [0.4, 0.5) is 0 Å². The predicted octanol–water partition coefficient (Wildman–Crippen LogP) is 4.89. The number of benzene rings is 1. The van der Waals surface area contributed by atoms with Gasteiger partial charge in [0.1, 0.15) is 10.7 Å². The standard InChI is InChI=1S/C23H23N3O2S2/c27-22-21-19(16-6-2-1-3-7-16)15-30-23(21)25-20(24-22)14-26(12-17-8-4-10-28-17)13-18-9-5-11-29-18/h1-3,5-7,9,11,15,17H,4,8,10,12-14H2,(H,24,25,27). The van der Waals surface area contributed by atoms with Gasteiger partial charge in [-0.15, -0.1) is 22.7 Å². The molecule has 5 nitrogen and oxygen atoms in total. The summed E-state index contributed by atoms with van der Waals surface area (Å²) >= 11 is 3.28. The van der Waals surface area contributed by atoms with Gasteiger partial charge in [-0.3, -0.25) is 9.69 Å². The molecule has 1 aliphatic heterocycles. The maximum Gasteiger partial charge on any atom is 0.260 e. The van der Waals surface area contributed by atoms with Gasteiger partial charge in [-0.1, -0.05) is 36.4 Å². The fraction of sp³-hybridized carbons (Fsp3) is 0.304. The van der Waals surface area contributed by atoms with Crippen LogP contribution >= 0.6 is 22.7 Å². The van der Waals surface area contributed by atoms with Crippen molar-refractivity contribution in [1.82, 2.24) is 14.9 Å². The Labute approximate surface area is 183 Å². The van der Waals surface area contributed by atoms with E-state index < -0.39 is 0 Å².